The van der Waals surface area contributed by atoms with Gasteiger partial charge in [-0.2, -0.15) is 11.3 Å². The van der Waals surface area contributed by atoms with Gasteiger partial charge in [0.1, 0.15) is 5.82 Å². The minimum absolute atomic E-state index is 0.0124. The number of hydrogen-bond donors (Lipinski definition) is 1. The molecule has 1 amide bonds. The molecule has 0 radical (unpaired) electrons. The second-order valence-corrected chi connectivity index (χ2v) is 7.42. The molecule has 1 aliphatic rings. The molecule has 2 aromatic heterocycles. The molecule has 1 fully saturated rings. The van der Waals surface area contributed by atoms with E-state index in [-0.39, 0.29) is 17.8 Å². The molecule has 0 aliphatic carbocycles. The van der Waals surface area contributed by atoms with E-state index in [2.05, 4.69) is 15.2 Å². The number of pyridine rings is 1. The zero-order valence-electron chi connectivity index (χ0n) is 14.3. The number of hydrogen-bond acceptors (Lipinski definition) is 4. The number of nitrogens with one attached hydrogen (secondary N) is 1. The molecule has 0 atom stereocenters. The number of halogens is 1. The minimum Gasteiger partial charge on any atom is -0.349 e. The summed E-state index contributed by atoms with van der Waals surface area (Å²) in [6, 6.07) is 8.94. The number of benzene rings is 1. The molecule has 3 aromatic rings. The van der Waals surface area contributed by atoms with Crippen molar-refractivity contribution in [2.24, 2.45) is 0 Å². The summed E-state index contributed by atoms with van der Waals surface area (Å²) in [5.74, 6) is -0.217. The Bertz CT molecular complexity index is 905. The van der Waals surface area contributed by atoms with Crippen LogP contribution in [-0.4, -0.2) is 34.9 Å². The lowest BCUT2D eigenvalue weighted by Crippen LogP contribution is -2.44. The average Bonchev–Trinajstić information content (AvgIpc) is 3.21. The number of rotatable bonds is 4. The van der Waals surface area contributed by atoms with E-state index in [0.717, 1.165) is 49.1 Å². The van der Waals surface area contributed by atoms with Gasteiger partial charge in [0, 0.05) is 48.2 Å². The van der Waals surface area contributed by atoms with Crippen LogP contribution in [0.15, 0.2) is 47.3 Å². The minimum atomic E-state index is -0.230. The van der Waals surface area contributed by atoms with Crippen molar-refractivity contribution < 1.29 is 9.18 Å². The van der Waals surface area contributed by atoms with Crippen LogP contribution in [0.3, 0.4) is 0 Å². The summed E-state index contributed by atoms with van der Waals surface area (Å²) >= 11 is 1.53. The summed E-state index contributed by atoms with van der Waals surface area (Å²) in [6.07, 6.45) is 3.54. The molecule has 3 heterocycles. The molecule has 4 nitrogen and oxygen atoms in total. The van der Waals surface area contributed by atoms with Crippen LogP contribution in [0.25, 0.3) is 10.9 Å². The summed E-state index contributed by atoms with van der Waals surface area (Å²) in [7, 11) is 0. The Hall–Kier alpha value is -2.31. The molecule has 134 valence electrons. The van der Waals surface area contributed by atoms with Crippen LogP contribution >= 0.6 is 11.3 Å². The van der Waals surface area contributed by atoms with Gasteiger partial charge in [0.25, 0.3) is 5.91 Å². The van der Waals surface area contributed by atoms with Gasteiger partial charge in [0.05, 0.1) is 5.52 Å². The van der Waals surface area contributed by atoms with Crippen molar-refractivity contribution in [3.63, 3.8) is 0 Å². The van der Waals surface area contributed by atoms with Gasteiger partial charge in [-0.15, -0.1) is 0 Å². The number of thiophene rings is 1. The summed E-state index contributed by atoms with van der Waals surface area (Å²) in [6.45, 7) is 2.56. The van der Waals surface area contributed by atoms with Crippen LogP contribution in [0.5, 0.6) is 0 Å². The molecule has 0 bridgehead atoms. The monoisotopic (exact) mass is 369 g/mol. The average molecular weight is 369 g/mol. The first-order valence-electron chi connectivity index (χ1n) is 8.78. The topological polar surface area (TPSA) is 45.2 Å². The Morgan fingerprint density at radius 1 is 1.27 bits per heavy atom. The Kier molecular flexibility index (Phi) is 4.95. The van der Waals surface area contributed by atoms with Crippen LogP contribution in [-0.2, 0) is 6.54 Å². The highest BCUT2D eigenvalue weighted by Crippen LogP contribution is 2.22. The molecule has 1 aromatic carbocycles. The molecule has 6 heteroatoms. The standard InChI is InChI=1S/C20H20FN3OS/c21-18-4-3-14(19-17(18)2-1-8-22-19)12-24-9-5-16(6-10-24)23-20(25)15-7-11-26-13-15/h1-4,7-8,11,13,16H,5-6,9-10,12H2,(H,23,25). The van der Waals surface area contributed by atoms with E-state index in [1.165, 1.54) is 17.4 Å². The maximum atomic E-state index is 13.9. The molecule has 0 saturated carbocycles. The maximum absolute atomic E-state index is 13.9. The highest BCUT2D eigenvalue weighted by atomic mass is 32.1. The third-order valence-electron chi connectivity index (χ3n) is 4.90. The number of likely N-dealkylation sites (tertiary alicyclic amines) is 1. The molecule has 1 aliphatic heterocycles. The first-order chi connectivity index (χ1) is 12.7. The van der Waals surface area contributed by atoms with E-state index < -0.39 is 0 Å². The maximum Gasteiger partial charge on any atom is 0.252 e. The van der Waals surface area contributed by atoms with Gasteiger partial charge in [-0.25, -0.2) is 4.39 Å². The Balaban J connectivity index is 1.37. The Morgan fingerprint density at radius 3 is 2.88 bits per heavy atom. The smallest absolute Gasteiger partial charge is 0.252 e. The van der Waals surface area contributed by atoms with E-state index in [9.17, 15) is 9.18 Å². The van der Waals surface area contributed by atoms with Gasteiger partial charge in [-0.3, -0.25) is 14.7 Å². The van der Waals surface area contributed by atoms with Gasteiger partial charge >= 0.3 is 0 Å². The molecule has 0 spiro atoms. The highest BCUT2D eigenvalue weighted by molar-refractivity contribution is 7.08. The predicted molar refractivity (Wildman–Crippen MR) is 102 cm³/mol. The van der Waals surface area contributed by atoms with Gasteiger partial charge in [-0.1, -0.05) is 6.07 Å². The Labute approximate surface area is 155 Å². The molecule has 26 heavy (non-hydrogen) atoms. The lowest BCUT2D eigenvalue weighted by Gasteiger charge is -2.32. The Morgan fingerprint density at radius 2 is 2.12 bits per heavy atom. The van der Waals surface area contributed by atoms with Gasteiger partial charge in [-0.05, 0) is 48.1 Å². The van der Waals surface area contributed by atoms with E-state index in [1.807, 2.05) is 22.9 Å². The van der Waals surface area contributed by atoms with Gasteiger partial charge in [0.2, 0.25) is 0 Å². The number of nitrogens with zero attached hydrogens (tertiary/aromatic N) is 2. The number of piperidine rings is 1. The fourth-order valence-electron chi connectivity index (χ4n) is 3.46. The molecular formula is C20H20FN3OS. The SMILES string of the molecule is O=C(NC1CCN(Cc2ccc(F)c3cccnc23)CC1)c1ccsc1. The predicted octanol–water partition coefficient (Wildman–Crippen LogP) is 3.83. The first-order valence-corrected chi connectivity index (χ1v) is 9.72. The summed E-state index contributed by atoms with van der Waals surface area (Å²) in [5, 5.41) is 7.48. The van der Waals surface area contributed by atoms with Crippen molar-refractivity contribution in [2.45, 2.75) is 25.4 Å². The van der Waals surface area contributed by atoms with Crippen LogP contribution in [0.4, 0.5) is 4.39 Å². The third kappa shape index (κ3) is 3.61. The van der Waals surface area contributed by atoms with Gasteiger partial charge < -0.3 is 5.32 Å². The van der Waals surface area contributed by atoms with Crippen molar-refractivity contribution in [2.75, 3.05) is 13.1 Å². The third-order valence-corrected chi connectivity index (χ3v) is 5.58. The number of aromatic nitrogens is 1. The summed E-state index contributed by atoms with van der Waals surface area (Å²) < 4.78 is 13.9. The fourth-order valence-corrected chi connectivity index (χ4v) is 4.10. The van der Waals surface area contributed by atoms with Crippen molar-refractivity contribution in [3.05, 3.63) is 64.2 Å². The number of amides is 1. The van der Waals surface area contributed by atoms with Crippen molar-refractivity contribution in [1.29, 1.82) is 0 Å². The summed E-state index contributed by atoms with van der Waals surface area (Å²) in [4.78, 5) is 18.9. The quantitative estimate of drug-likeness (QED) is 0.760. The van der Waals surface area contributed by atoms with Crippen molar-refractivity contribution in [3.8, 4) is 0 Å². The second-order valence-electron chi connectivity index (χ2n) is 6.64. The normalized spacial score (nSPS) is 16.0. The van der Waals surface area contributed by atoms with Crippen molar-refractivity contribution >= 4 is 28.1 Å². The zero-order chi connectivity index (χ0) is 17.9. The second kappa shape index (κ2) is 7.51. The summed E-state index contributed by atoms with van der Waals surface area (Å²) in [5.41, 5.74) is 2.52. The van der Waals surface area contributed by atoms with E-state index in [0.29, 0.717) is 5.39 Å². The number of carbonyl (C=O) groups excluding carboxylic acids is 1. The molecular weight excluding hydrogens is 349 g/mol. The van der Waals surface area contributed by atoms with Crippen LogP contribution in [0.1, 0.15) is 28.8 Å². The van der Waals surface area contributed by atoms with E-state index in [1.54, 1.807) is 18.3 Å². The van der Waals surface area contributed by atoms with E-state index in [4.69, 9.17) is 0 Å². The van der Waals surface area contributed by atoms with Gasteiger partial charge in [0.15, 0.2) is 0 Å². The molecule has 1 N–H and O–H groups in total. The highest BCUT2D eigenvalue weighted by Gasteiger charge is 2.22. The lowest BCUT2D eigenvalue weighted by atomic mass is 10.0. The number of carbonyl (C=O) groups is 1. The van der Waals surface area contributed by atoms with Crippen LogP contribution in [0, 0.1) is 5.82 Å². The zero-order valence-corrected chi connectivity index (χ0v) is 15.1. The van der Waals surface area contributed by atoms with E-state index >= 15 is 0 Å². The fraction of sp³-hybridized carbons (Fsp3) is 0.300. The van der Waals surface area contributed by atoms with Crippen molar-refractivity contribution in [1.82, 2.24) is 15.2 Å². The lowest BCUT2D eigenvalue weighted by molar-refractivity contribution is 0.0909. The molecule has 4 rings (SSSR count). The number of fused-ring (bicyclic) bond motifs is 1. The molecule has 1 saturated heterocycles. The van der Waals surface area contributed by atoms with Crippen LogP contribution < -0.4 is 5.32 Å². The largest absolute Gasteiger partial charge is 0.349 e. The van der Waals surface area contributed by atoms with Crippen LogP contribution in [0.2, 0.25) is 0 Å². The first kappa shape index (κ1) is 17.1. The molecule has 0 unspecified atom stereocenters.